The Balaban J connectivity index is 1.68. The zero-order valence-electron chi connectivity index (χ0n) is 18.8. The molecule has 1 atom stereocenters. The van der Waals surface area contributed by atoms with E-state index in [1.807, 2.05) is 32.0 Å². The van der Waals surface area contributed by atoms with Crippen molar-refractivity contribution in [3.63, 3.8) is 0 Å². The van der Waals surface area contributed by atoms with Crippen LogP contribution in [0.5, 0.6) is 0 Å². The second-order valence-electron chi connectivity index (χ2n) is 7.60. The highest BCUT2D eigenvalue weighted by molar-refractivity contribution is 7.99. The van der Waals surface area contributed by atoms with Crippen LogP contribution < -0.4 is 10.6 Å². The topological polar surface area (TPSA) is 88.9 Å². The van der Waals surface area contributed by atoms with Gasteiger partial charge in [0.1, 0.15) is 5.82 Å². The summed E-state index contributed by atoms with van der Waals surface area (Å²) in [4.78, 5) is 25.0. The molecule has 0 fully saturated rings. The molecule has 2 aromatic carbocycles. The van der Waals surface area contributed by atoms with Crippen LogP contribution in [0, 0.1) is 19.7 Å². The van der Waals surface area contributed by atoms with Crippen molar-refractivity contribution < 1.29 is 14.0 Å². The number of hydrogen-bond acceptors (Lipinski definition) is 5. The number of nitrogens with one attached hydrogen (secondary N) is 2. The Morgan fingerprint density at radius 3 is 2.73 bits per heavy atom. The van der Waals surface area contributed by atoms with Gasteiger partial charge in [0.15, 0.2) is 11.0 Å². The number of aromatic nitrogens is 3. The molecule has 2 N–H and O–H groups in total. The van der Waals surface area contributed by atoms with E-state index in [-0.39, 0.29) is 17.6 Å². The first-order chi connectivity index (χ1) is 15.8. The van der Waals surface area contributed by atoms with Crippen LogP contribution in [0.4, 0.5) is 10.1 Å². The first kappa shape index (κ1) is 24.2. The van der Waals surface area contributed by atoms with Gasteiger partial charge in [-0.1, -0.05) is 41.6 Å². The van der Waals surface area contributed by atoms with Gasteiger partial charge in [0.25, 0.3) is 5.91 Å². The van der Waals surface area contributed by atoms with E-state index in [1.165, 1.54) is 23.9 Å². The molecule has 0 spiro atoms. The molecule has 3 rings (SSSR count). The lowest BCUT2D eigenvalue weighted by atomic mass is 10.1. The van der Waals surface area contributed by atoms with Crippen LogP contribution >= 0.6 is 11.8 Å². The average molecular weight is 468 g/mol. The molecule has 3 aromatic rings. The molecule has 0 saturated heterocycles. The number of aryl methyl sites for hydroxylation is 2. The van der Waals surface area contributed by atoms with Crippen LogP contribution in [0.25, 0.3) is 0 Å². The second kappa shape index (κ2) is 10.9. The predicted molar refractivity (Wildman–Crippen MR) is 128 cm³/mol. The lowest BCUT2D eigenvalue weighted by molar-refractivity contribution is -0.113. The molecule has 1 heterocycles. The van der Waals surface area contributed by atoms with E-state index >= 15 is 0 Å². The number of carbonyl (C=O) groups is 2. The molecule has 33 heavy (non-hydrogen) atoms. The summed E-state index contributed by atoms with van der Waals surface area (Å²) in [6.45, 7) is 9.74. The molecule has 9 heteroatoms. The summed E-state index contributed by atoms with van der Waals surface area (Å²) in [6.07, 6.45) is 1.70. The molecule has 0 aliphatic carbocycles. The zero-order valence-corrected chi connectivity index (χ0v) is 19.6. The van der Waals surface area contributed by atoms with Crippen molar-refractivity contribution in [2.75, 3.05) is 11.1 Å². The monoisotopic (exact) mass is 467 g/mol. The summed E-state index contributed by atoms with van der Waals surface area (Å²) in [5.41, 5.74) is 2.76. The van der Waals surface area contributed by atoms with Gasteiger partial charge in [-0.2, -0.15) is 0 Å². The van der Waals surface area contributed by atoms with Crippen molar-refractivity contribution >= 4 is 29.3 Å². The number of allylic oxidation sites excluding steroid dienone is 1. The summed E-state index contributed by atoms with van der Waals surface area (Å²) in [6, 6.07) is 11.2. The number of rotatable bonds is 9. The summed E-state index contributed by atoms with van der Waals surface area (Å²) in [7, 11) is 0. The molecule has 0 radical (unpaired) electrons. The van der Waals surface area contributed by atoms with Crippen LogP contribution in [0.1, 0.15) is 40.3 Å². The van der Waals surface area contributed by atoms with Gasteiger partial charge >= 0.3 is 0 Å². The third kappa shape index (κ3) is 6.29. The van der Waals surface area contributed by atoms with Gasteiger partial charge < -0.3 is 15.2 Å². The van der Waals surface area contributed by atoms with E-state index in [1.54, 1.807) is 29.7 Å². The van der Waals surface area contributed by atoms with Crippen LogP contribution in [0.3, 0.4) is 0 Å². The molecular weight excluding hydrogens is 441 g/mol. The van der Waals surface area contributed by atoms with Gasteiger partial charge in [-0.3, -0.25) is 9.59 Å². The Kier molecular flexibility index (Phi) is 8.00. The number of nitrogens with zero attached hydrogens (tertiary/aromatic N) is 3. The molecule has 2 amide bonds. The first-order valence-corrected chi connectivity index (χ1v) is 11.4. The maximum atomic E-state index is 13.5. The fourth-order valence-electron chi connectivity index (χ4n) is 3.20. The van der Waals surface area contributed by atoms with E-state index in [4.69, 9.17) is 0 Å². The fourth-order valence-corrected chi connectivity index (χ4v) is 3.96. The molecule has 0 aliphatic rings. The summed E-state index contributed by atoms with van der Waals surface area (Å²) >= 11 is 1.20. The molecule has 0 aliphatic heterocycles. The van der Waals surface area contributed by atoms with E-state index in [0.29, 0.717) is 28.8 Å². The number of anilines is 1. The molecule has 172 valence electrons. The Labute approximate surface area is 196 Å². The lowest BCUT2D eigenvalue weighted by Crippen LogP contribution is -2.29. The number of halogens is 1. The SMILES string of the molecule is C=CCn1c(SCC(=O)Nc2cc(F)ccc2C)nnc1[C@@H](C)NC(=O)c1cccc(C)c1. The quantitative estimate of drug-likeness (QED) is 0.359. The number of amides is 2. The summed E-state index contributed by atoms with van der Waals surface area (Å²) < 4.78 is 15.3. The minimum atomic E-state index is -0.416. The van der Waals surface area contributed by atoms with Crippen molar-refractivity contribution in [1.82, 2.24) is 20.1 Å². The van der Waals surface area contributed by atoms with Gasteiger partial charge in [0.05, 0.1) is 11.8 Å². The zero-order chi connectivity index (χ0) is 24.0. The minimum Gasteiger partial charge on any atom is -0.342 e. The van der Waals surface area contributed by atoms with E-state index in [2.05, 4.69) is 27.4 Å². The van der Waals surface area contributed by atoms with Crippen LogP contribution in [0.2, 0.25) is 0 Å². The first-order valence-electron chi connectivity index (χ1n) is 10.4. The average Bonchev–Trinajstić information content (AvgIpc) is 3.18. The summed E-state index contributed by atoms with van der Waals surface area (Å²) in [5, 5.41) is 14.6. The highest BCUT2D eigenvalue weighted by Crippen LogP contribution is 2.22. The third-order valence-corrected chi connectivity index (χ3v) is 5.85. The van der Waals surface area contributed by atoms with Crippen molar-refractivity contribution in [3.8, 4) is 0 Å². The van der Waals surface area contributed by atoms with E-state index < -0.39 is 11.9 Å². The van der Waals surface area contributed by atoms with Gasteiger partial charge in [-0.05, 0) is 50.6 Å². The maximum absolute atomic E-state index is 13.5. The second-order valence-corrected chi connectivity index (χ2v) is 8.54. The van der Waals surface area contributed by atoms with Crippen molar-refractivity contribution in [2.24, 2.45) is 0 Å². The largest absolute Gasteiger partial charge is 0.342 e. The minimum absolute atomic E-state index is 0.0647. The highest BCUT2D eigenvalue weighted by atomic mass is 32.2. The van der Waals surface area contributed by atoms with Crippen molar-refractivity contribution in [3.05, 3.63) is 83.5 Å². The maximum Gasteiger partial charge on any atom is 0.251 e. The van der Waals surface area contributed by atoms with Gasteiger partial charge in [-0.25, -0.2) is 4.39 Å². The van der Waals surface area contributed by atoms with Gasteiger partial charge in [-0.15, -0.1) is 16.8 Å². The molecule has 0 bridgehead atoms. The Morgan fingerprint density at radius 1 is 1.21 bits per heavy atom. The summed E-state index contributed by atoms with van der Waals surface area (Å²) in [5.74, 6) is -0.294. The number of benzene rings is 2. The van der Waals surface area contributed by atoms with E-state index in [0.717, 1.165) is 11.1 Å². The smallest absolute Gasteiger partial charge is 0.251 e. The number of thioether (sulfide) groups is 1. The normalized spacial score (nSPS) is 11.6. The standard InChI is InChI=1S/C24H26FN5O2S/c1-5-11-30-22(17(4)26-23(32)18-8-6-7-15(2)12-18)28-29-24(30)33-14-21(31)27-20-13-19(25)10-9-16(20)3/h5-10,12-13,17H,1,11,14H2,2-4H3,(H,26,32)(H,27,31)/t17-/m1/s1. The molecule has 7 nitrogen and oxygen atoms in total. The molecule has 0 unspecified atom stereocenters. The fraction of sp³-hybridized carbons (Fsp3) is 0.250. The number of carbonyl (C=O) groups excluding carboxylic acids is 2. The van der Waals surface area contributed by atoms with Crippen molar-refractivity contribution in [2.45, 2.75) is 38.5 Å². The van der Waals surface area contributed by atoms with Crippen LogP contribution in [0.15, 0.2) is 60.3 Å². The van der Waals surface area contributed by atoms with Gasteiger partial charge in [0.2, 0.25) is 5.91 Å². The predicted octanol–water partition coefficient (Wildman–Crippen LogP) is 4.44. The Hall–Kier alpha value is -3.46. The van der Waals surface area contributed by atoms with Crippen LogP contribution in [-0.4, -0.2) is 32.3 Å². The molecule has 0 saturated carbocycles. The lowest BCUT2D eigenvalue weighted by Gasteiger charge is -2.15. The molecular formula is C24H26FN5O2S. The third-order valence-electron chi connectivity index (χ3n) is 4.88. The van der Waals surface area contributed by atoms with Crippen molar-refractivity contribution in [1.29, 1.82) is 0 Å². The van der Waals surface area contributed by atoms with E-state index in [9.17, 15) is 14.0 Å². The number of hydrogen-bond donors (Lipinski definition) is 2. The molecule has 1 aromatic heterocycles. The highest BCUT2D eigenvalue weighted by Gasteiger charge is 2.20. The van der Waals surface area contributed by atoms with Crippen LogP contribution in [-0.2, 0) is 11.3 Å². The van der Waals surface area contributed by atoms with Gasteiger partial charge in [0, 0.05) is 17.8 Å². The Morgan fingerprint density at radius 2 is 2.00 bits per heavy atom. The Bertz CT molecular complexity index is 1180.